The summed E-state index contributed by atoms with van der Waals surface area (Å²) in [6, 6.07) is 10.4. The number of ether oxygens (including phenoxy) is 1. The molecular formula is C18H18N2O6. The van der Waals surface area contributed by atoms with Crippen LogP contribution in [0.5, 0.6) is 0 Å². The minimum absolute atomic E-state index is 0.0430. The third-order valence-electron chi connectivity index (χ3n) is 3.87. The number of fused-ring (bicyclic) bond motifs is 1. The number of carbonyl (C=O) groups excluding carboxylic acids is 2. The van der Waals surface area contributed by atoms with E-state index in [1.54, 1.807) is 43.4 Å². The Labute approximate surface area is 148 Å². The first kappa shape index (κ1) is 17.5. The lowest BCUT2D eigenvalue weighted by atomic mass is 10.3. The Hall–Kier alpha value is -3.29. The normalized spacial score (nSPS) is 10.8. The summed E-state index contributed by atoms with van der Waals surface area (Å²) in [4.78, 5) is 37.1. The number of esters is 1. The van der Waals surface area contributed by atoms with Crippen LogP contribution in [0.25, 0.3) is 11.1 Å². The predicted molar refractivity (Wildman–Crippen MR) is 91.2 cm³/mol. The van der Waals surface area contributed by atoms with Crippen LogP contribution in [-0.4, -0.2) is 35.0 Å². The van der Waals surface area contributed by atoms with Gasteiger partial charge in [0.2, 0.25) is 0 Å². The number of furan rings is 1. The first-order valence-corrected chi connectivity index (χ1v) is 8.05. The molecule has 3 rings (SSSR count). The molecule has 1 amide bonds. The van der Waals surface area contributed by atoms with Gasteiger partial charge in [-0.1, -0.05) is 12.1 Å². The molecule has 0 spiro atoms. The monoisotopic (exact) mass is 358 g/mol. The van der Waals surface area contributed by atoms with E-state index >= 15 is 0 Å². The van der Waals surface area contributed by atoms with Crippen molar-refractivity contribution < 1.29 is 23.2 Å². The number of hydrogen-bond acceptors (Lipinski definition) is 6. The molecule has 8 nitrogen and oxygen atoms in total. The van der Waals surface area contributed by atoms with Crippen molar-refractivity contribution in [1.29, 1.82) is 0 Å². The minimum atomic E-state index is -0.568. The van der Waals surface area contributed by atoms with Crippen LogP contribution in [0.3, 0.4) is 0 Å². The summed E-state index contributed by atoms with van der Waals surface area (Å²) < 4.78 is 16.6. The van der Waals surface area contributed by atoms with E-state index in [4.69, 9.17) is 13.6 Å². The second-order valence-corrected chi connectivity index (χ2v) is 5.73. The van der Waals surface area contributed by atoms with Crippen LogP contribution < -0.4 is 5.76 Å². The smallest absolute Gasteiger partial charge is 0.419 e. The number of nitrogens with zero attached hydrogens (tertiary/aromatic N) is 2. The fraction of sp³-hybridized carbons (Fsp3) is 0.278. The van der Waals surface area contributed by atoms with Crippen LogP contribution in [0.15, 0.2) is 56.3 Å². The number of likely N-dealkylation sites (N-methyl/N-ethyl adjacent to an activating group) is 1. The highest BCUT2D eigenvalue weighted by atomic mass is 16.5. The third kappa shape index (κ3) is 4.02. The van der Waals surface area contributed by atoms with E-state index in [0.717, 1.165) is 0 Å². The molecule has 3 aromatic rings. The van der Waals surface area contributed by atoms with Crippen molar-refractivity contribution in [2.45, 2.75) is 19.5 Å². The number of hydrogen-bond donors (Lipinski definition) is 0. The number of aryl methyl sites for hydroxylation is 1. The highest BCUT2D eigenvalue weighted by molar-refractivity contribution is 5.80. The Bertz CT molecular complexity index is 954. The van der Waals surface area contributed by atoms with E-state index in [0.29, 0.717) is 23.4 Å². The molecule has 2 aromatic heterocycles. The van der Waals surface area contributed by atoms with Crippen molar-refractivity contribution in [2.24, 2.45) is 0 Å². The SMILES string of the molecule is CN(Cc1ccco1)C(=O)COC(=O)CCn1c(=O)oc2ccccc21. The Morgan fingerprint density at radius 3 is 2.77 bits per heavy atom. The van der Waals surface area contributed by atoms with Crippen LogP contribution >= 0.6 is 0 Å². The average Bonchev–Trinajstić information content (AvgIpc) is 3.24. The molecule has 0 N–H and O–H groups in total. The summed E-state index contributed by atoms with van der Waals surface area (Å²) in [6.07, 6.45) is 1.48. The van der Waals surface area contributed by atoms with Gasteiger partial charge in [-0.2, -0.15) is 0 Å². The lowest BCUT2D eigenvalue weighted by Gasteiger charge is -2.15. The summed E-state index contributed by atoms with van der Waals surface area (Å²) in [5, 5.41) is 0. The Morgan fingerprint density at radius 1 is 1.19 bits per heavy atom. The molecule has 0 aliphatic carbocycles. The molecule has 0 saturated heterocycles. The van der Waals surface area contributed by atoms with Crippen molar-refractivity contribution in [3.05, 3.63) is 59.0 Å². The third-order valence-corrected chi connectivity index (χ3v) is 3.87. The molecule has 1 aromatic carbocycles. The van der Waals surface area contributed by atoms with Gasteiger partial charge in [0.1, 0.15) is 5.76 Å². The molecule has 0 saturated carbocycles. The molecule has 2 heterocycles. The molecule has 0 bridgehead atoms. The first-order valence-electron chi connectivity index (χ1n) is 8.05. The Kier molecular flexibility index (Phi) is 5.21. The maximum absolute atomic E-state index is 12.0. The minimum Gasteiger partial charge on any atom is -0.467 e. The Balaban J connectivity index is 1.49. The van der Waals surface area contributed by atoms with E-state index in [9.17, 15) is 14.4 Å². The number of carbonyl (C=O) groups is 2. The maximum atomic E-state index is 12.0. The predicted octanol–water partition coefficient (Wildman–Crippen LogP) is 1.78. The zero-order valence-corrected chi connectivity index (χ0v) is 14.2. The van der Waals surface area contributed by atoms with Gasteiger partial charge in [-0.05, 0) is 24.3 Å². The maximum Gasteiger partial charge on any atom is 0.419 e. The van der Waals surface area contributed by atoms with Crippen molar-refractivity contribution in [2.75, 3.05) is 13.7 Å². The van der Waals surface area contributed by atoms with E-state index in [2.05, 4.69) is 0 Å². The van der Waals surface area contributed by atoms with Gasteiger partial charge in [0, 0.05) is 13.6 Å². The second kappa shape index (κ2) is 7.73. The van der Waals surface area contributed by atoms with Gasteiger partial charge in [0.15, 0.2) is 12.2 Å². The number of para-hydroxylation sites is 2. The number of amides is 1. The van der Waals surface area contributed by atoms with Gasteiger partial charge in [-0.3, -0.25) is 14.2 Å². The second-order valence-electron chi connectivity index (χ2n) is 5.73. The summed E-state index contributed by atoms with van der Waals surface area (Å²) in [5.74, 6) is -0.811. The molecule has 0 radical (unpaired) electrons. The highest BCUT2D eigenvalue weighted by Gasteiger charge is 2.15. The summed E-state index contributed by atoms with van der Waals surface area (Å²) in [7, 11) is 1.59. The van der Waals surface area contributed by atoms with Gasteiger partial charge in [0.05, 0.1) is 24.7 Å². The van der Waals surface area contributed by atoms with E-state index in [1.165, 1.54) is 15.7 Å². The molecule has 8 heteroatoms. The highest BCUT2D eigenvalue weighted by Crippen LogP contribution is 2.12. The first-order chi connectivity index (χ1) is 12.5. The van der Waals surface area contributed by atoms with Gasteiger partial charge >= 0.3 is 11.7 Å². The largest absolute Gasteiger partial charge is 0.467 e. The molecule has 0 aliphatic heterocycles. The standard InChI is InChI=1S/C18H18N2O6/c1-19(11-13-5-4-10-24-13)16(21)12-25-17(22)8-9-20-14-6-2-3-7-15(14)26-18(20)23/h2-7,10H,8-9,11-12H2,1H3. The van der Waals surface area contributed by atoms with Crippen LogP contribution in [0, 0.1) is 0 Å². The summed E-state index contributed by atoms with van der Waals surface area (Å²) in [5.41, 5.74) is 1.07. The molecule has 0 aliphatic rings. The summed E-state index contributed by atoms with van der Waals surface area (Å²) in [6.45, 7) is 0.0436. The van der Waals surface area contributed by atoms with Gasteiger partial charge in [-0.15, -0.1) is 0 Å². The van der Waals surface area contributed by atoms with E-state index in [-0.39, 0.29) is 25.5 Å². The molecular weight excluding hydrogens is 340 g/mol. The van der Waals surface area contributed by atoms with E-state index < -0.39 is 11.7 Å². The number of benzene rings is 1. The quantitative estimate of drug-likeness (QED) is 0.598. The molecule has 26 heavy (non-hydrogen) atoms. The van der Waals surface area contributed by atoms with Gasteiger partial charge in [-0.25, -0.2) is 4.79 Å². The topological polar surface area (TPSA) is 94.9 Å². The van der Waals surface area contributed by atoms with Crippen LogP contribution in [0.4, 0.5) is 0 Å². The number of rotatable bonds is 7. The van der Waals surface area contributed by atoms with Crippen LogP contribution in [0.1, 0.15) is 12.2 Å². The summed E-state index contributed by atoms with van der Waals surface area (Å²) >= 11 is 0. The van der Waals surface area contributed by atoms with Gasteiger partial charge < -0.3 is 18.5 Å². The Morgan fingerprint density at radius 2 is 2.00 bits per heavy atom. The molecule has 136 valence electrons. The van der Waals surface area contributed by atoms with Crippen LogP contribution in [-0.2, 0) is 27.4 Å². The van der Waals surface area contributed by atoms with Crippen molar-refractivity contribution in [3.8, 4) is 0 Å². The molecule has 0 unspecified atom stereocenters. The fourth-order valence-corrected chi connectivity index (χ4v) is 2.48. The van der Waals surface area contributed by atoms with Crippen LogP contribution in [0.2, 0.25) is 0 Å². The van der Waals surface area contributed by atoms with Crippen molar-refractivity contribution >= 4 is 23.0 Å². The molecule has 0 atom stereocenters. The zero-order valence-electron chi connectivity index (χ0n) is 14.2. The van der Waals surface area contributed by atoms with Crippen molar-refractivity contribution in [1.82, 2.24) is 9.47 Å². The zero-order chi connectivity index (χ0) is 18.5. The van der Waals surface area contributed by atoms with Gasteiger partial charge in [0.25, 0.3) is 5.91 Å². The fourth-order valence-electron chi connectivity index (χ4n) is 2.48. The molecule has 0 fully saturated rings. The van der Waals surface area contributed by atoms with E-state index in [1.807, 2.05) is 0 Å². The number of oxazole rings is 1. The lowest BCUT2D eigenvalue weighted by molar-refractivity contribution is -0.152. The lowest BCUT2D eigenvalue weighted by Crippen LogP contribution is -2.31. The number of aromatic nitrogens is 1. The van der Waals surface area contributed by atoms with Crippen molar-refractivity contribution in [3.63, 3.8) is 0 Å². The average molecular weight is 358 g/mol.